The third-order valence-corrected chi connectivity index (χ3v) is 6.33. The Morgan fingerprint density at radius 2 is 2.00 bits per heavy atom. The number of aliphatic hydroxyl groups is 2. The molecule has 0 heterocycles. The highest BCUT2D eigenvalue weighted by molar-refractivity contribution is 5.76. The molecule has 5 atom stereocenters. The van der Waals surface area contributed by atoms with Crippen LogP contribution in [0.4, 0.5) is 0 Å². The molecule has 2 saturated carbocycles. The van der Waals surface area contributed by atoms with E-state index in [1.54, 1.807) is 0 Å². The van der Waals surface area contributed by atoms with Crippen LogP contribution in [0, 0.1) is 17.8 Å². The van der Waals surface area contributed by atoms with Gasteiger partial charge in [0.05, 0.1) is 12.2 Å². The molecule has 3 N–H and O–H groups in total. The van der Waals surface area contributed by atoms with E-state index in [0.717, 1.165) is 57.8 Å². The number of rotatable bonds is 10. The van der Waals surface area contributed by atoms with Gasteiger partial charge in [-0.25, -0.2) is 0 Å². The van der Waals surface area contributed by atoms with Crippen LogP contribution in [0.25, 0.3) is 0 Å². The van der Waals surface area contributed by atoms with Crippen LogP contribution in [0.15, 0.2) is 23.8 Å². The Kier molecular flexibility index (Phi) is 9.42. The summed E-state index contributed by atoms with van der Waals surface area (Å²) in [7, 11) is 0. The van der Waals surface area contributed by atoms with Crippen molar-refractivity contribution in [1.29, 1.82) is 0 Å². The summed E-state index contributed by atoms with van der Waals surface area (Å²) >= 11 is 0. The van der Waals surface area contributed by atoms with Crippen molar-refractivity contribution in [3.05, 3.63) is 23.8 Å². The normalized spacial score (nSPS) is 29.5. The summed E-state index contributed by atoms with van der Waals surface area (Å²) in [6, 6.07) is 0. The van der Waals surface area contributed by atoms with Crippen LogP contribution in [-0.2, 0) is 4.79 Å². The summed E-state index contributed by atoms with van der Waals surface area (Å²) in [6.45, 7) is 8.19. The molecular formula is C25H43NO3. The van der Waals surface area contributed by atoms with Crippen LogP contribution in [0.3, 0.4) is 0 Å². The second-order valence-corrected chi connectivity index (χ2v) is 10.2. The molecule has 0 aromatic carbocycles. The maximum absolute atomic E-state index is 11.9. The fraction of sp³-hybridized carbons (Fsp3) is 0.800. The smallest absolute Gasteiger partial charge is 0.220 e. The summed E-state index contributed by atoms with van der Waals surface area (Å²) in [5, 5.41) is 23.7. The molecule has 2 fully saturated rings. The minimum atomic E-state index is -0.386. The minimum absolute atomic E-state index is 0.130. The van der Waals surface area contributed by atoms with E-state index in [4.69, 9.17) is 0 Å². The number of nitrogens with one attached hydrogen (secondary N) is 1. The Morgan fingerprint density at radius 3 is 2.69 bits per heavy atom. The summed E-state index contributed by atoms with van der Waals surface area (Å²) < 4.78 is 0. The van der Waals surface area contributed by atoms with Crippen molar-refractivity contribution in [3.63, 3.8) is 0 Å². The first-order chi connectivity index (χ1) is 13.7. The molecule has 0 radical (unpaired) electrons. The van der Waals surface area contributed by atoms with E-state index in [-0.39, 0.29) is 29.6 Å². The molecule has 2 aliphatic carbocycles. The van der Waals surface area contributed by atoms with Gasteiger partial charge >= 0.3 is 0 Å². The van der Waals surface area contributed by atoms with Gasteiger partial charge in [0, 0.05) is 17.9 Å². The summed E-state index contributed by atoms with van der Waals surface area (Å²) in [5.74, 6) is 1.36. The third kappa shape index (κ3) is 8.25. The highest BCUT2D eigenvalue weighted by atomic mass is 16.3. The average Bonchev–Trinajstić information content (AvgIpc) is 3.12. The quantitative estimate of drug-likeness (QED) is 0.357. The SMILES string of the molecule is CCCCC[C@H](O)/C=C/[C@@H]1[C@H]2C/C(=C/CCCC(=O)NC(C)(C)C)C[C@H]2C[C@H]1O. The maximum atomic E-state index is 11.9. The molecule has 4 heteroatoms. The van der Waals surface area contributed by atoms with Crippen LogP contribution in [-0.4, -0.2) is 33.9 Å². The van der Waals surface area contributed by atoms with Crippen LogP contribution in [0.2, 0.25) is 0 Å². The highest BCUT2D eigenvalue weighted by Gasteiger charge is 2.44. The number of hydrogen-bond donors (Lipinski definition) is 3. The zero-order valence-electron chi connectivity index (χ0n) is 19.0. The predicted octanol–water partition coefficient (Wildman–Crippen LogP) is 4.90. The first-order valence-corrected chi connectivity index (χ1v) is 11.7. The Balaban J connectivity index is 1.77. The highest BCUT2D eigenvalue weighted by Crippen LogP contribution is 2.50. The molecule has 2 rings (SSSR count). The minimum Gasteiger partial charge on any atom is -0.392 e. The van der Waals surface area contributed by atoms with Crippen LogP contribution < -0.4 is 5.32 Å². The van der Waals surface area contributed by atoms with E-state index in [9.17, 15) is 15.0 Å². The zero-order valence-corrected chi connectivity index (χ0v) is 19.0. The third-order valence-electron chi connectivity index (χ3n) is 6.33. The molecule has 0 aliphatic heterocycles. The van der Waals surface area contributed by atoms with Gasteiger partial charge in [-0.3, -0.25) is 4.79 Å². The predicted molar refractivity (Wildman–Crippen MR) is 119 cm³/mol. The second kappa shape index (κ2) is 11.3. The van der Waals surface area contributed by atoms with Gasteiger partial charge in [-0.05, 0) is 71.1 Å². The molecule has 2 aliphatic rings. The first kappa shape index (κ1) is 24.1. The maximum Gasteiger partial charge on any atom is 0.220 e. The number of allylic oxidation sites excluding steroid dienone is 2. The molecular weight excluding hydrogens is 362 g/mol. The average molecular weight is 406 g/mol. The monoisotopic (exact) mass is 405 g/mol. The molecule has 0 aromatic rings. The van der Waals surface area contributed by atoms with Gasteiger partial charge in [-0.1, -0.05) is 50.0 Å². The number of fused-ring (bicyclic) bond motifs is 1. The van der Waals surface area contributed by atoms with Gasteiger partial charge in [0.2, 0.25) is 5.91 Å². The Bertz CT molecular complexity index is 575. The van der Waals surface area contributed by atoms with Gasteiger partial charge < -0.3 is 15.5 Å². The van der Waals surface area contributed by atoms with Gasteiger partial charge in [0.1, 0.15) is 0 Å². The Morgan fingerprint density at radius 1 is 1.24 bits per heavy atom. The lowest BCUT2D eigenvalue weighted by Gasteiger charge is -2.20. The molecule has 0 bridgehead atoms. The van der Waals surface area contributed by atoms with Crippen molar-refractivity contribution in [1.82, 2.24) is 5.32 Å². The zero-order chi connectivity index (χ0) is 21.4. The lowest BCUT2D eigenvalue weighted by molar-refractivity contribution is -0.122. The van der Waals surface area contributed by atoms with E-state index in [1.807, 2.05) is 26.8 Å². The Hall–Kier alpha value is -1.13. The number of unbranched alkanes of at least 4 members (excludes halogenated alkanes) is 3. The molecule has 1 amide bonds. The molecule has 0 saturated heterocycles. The lowest BCUT2D eigenvalue weighted by atomic mass is 9.90. The van der Waals surface area contributed by atoms with Crippen molar-refractivity contribution in [2.75, 3.05) is 0 Å². The summed E-state index contributed by atoms with van der Waals surface area (Å²) in [6.07, 6.45) is 15.3. The number of aliphatic hydroxyl groups excluding tert-OH is 2. The second-order valence-electron chi connectivity index (χ2n) is 10.2. The van der Waals surface area contributed by atoms with Gasteiger partial charge in [-0.15, -0.1) is 0 Å². The molecule has 166 valence electrons. The largest absolute Gasteiger partial charge is 0.392 e. The number of carbonyl (C=O) groups excluding carboxylic acids is 1. The number of amides is 1. The van der Waals surface area contributed by atoms with E-state index in [2.05, 4.69) is 24.4 Å². The van der Waals surface area contributed by atoms with Crippen molar-refractivity contribution in [2.45, 2.75) is 110 Å². The lowest BCUT2D eigenvalue weighted by Crippen LogP contribution is -2.40. The van der Waals surface area contributed by atoms with E-state index in [1.165, 1.54) is 5.57 Å². The standard InChI is InChI=1S/C25H43NO3/c1-5-6-7-11-20(27)13-14-21-22-16-18(15-19(22)17-23(21)28)10-8-9-12-24(29)26-25(2,3)4/h10,13-14,19-23,27-28H,5-9,11-12,15-17H2,1-4H3,(H,26,29)/b14-13+,18-10+/t19-,20-,21+,22-,23+/m0/s1. The van der Waals surface area contributed by atoms with Crippen molar-refractivity contribution < 1.29 is 15.0 Å². The van der Waals surface area contributed by atoms with Crippen LogP contribution >= 0.6 is 0 Å². The fourth-order valence-electron chi connectivity index (χ4n) is 4.95. The Labute approximate surface area is 177 Å². The summed E-state index contributed by atoms with van der Waals surface area (Å²) in [4.78, 5) is 11.9. The number of carbonyl (C=O) groups is 1. The van der Waals surface area contributed by atoms with Crippen LogP contribution in [0.5, 0.6) is 0 Å². The molecule has 4 nitrogen and oxygen atoms in total. The molecule has 29 heavy (non-hydrogen) atoms. The summed E-state index contributed by atoms with van der Waals surface area (Å²) in [5.41, 5.74) is 1.33. The van der Waals surface area contributed by atoms with Gasteiger partial charge in [0.25, 0.3) is 0 Å². The topological polar surface area (TPSA) is 69.6 Å². The van der Waals surface area contributed by atoms with Gasteiger partial charge in [-0.2, -0.15) is 0 Å². The molecule has 0 spiro atoms. The van der Waals surface area contributed by atoms with E-state index < -0.39 is 0 Å². The van der Waals surface area contributed by atoms with Crippen LogP contribution in [0.1, 0.15) is 91.9 Å². The van der Waals surface area contributed by atoms with Crippen molar-refractivity contribution in [2.24, 2.45) is 17.8 Å². The molecule has 0 aromatic heterocycles. The van der Waals surface area contributed by atoms with E-state index >= 15 is 0 Å². The van der Waals surface area contributed by atoms with Crippen molar-refractivity contribution in [3.8, 4) is 0 Å². The fourth-order valence-corrected chi connectivity index (χ4v) is 4.95. The van der Waals surface area contributed by atoms with E-state index in [0.29, 0.717) is 18.3 Å². The molecule has 0 unspecified atom stereocenters. The number of hydrogen-bond acceptors (Lipinski definition) is 3. The van der Waals surface area contributed by atoms with Gasteiger partial charge in [0.15, 0.2) is 0 Å². The first-order valence-electron chi connectivity index (χ1n) is 11.7. The van der Waals surface area contributed by atoms with Crippen molar-refractivity contribution >= 4 is 5.91 Å².